The van der Waals surface area contributed by atoms with Crippen LogP contribution < -0.4 is 11.1 Å². The molecular formula is C16H16N2O4S. The average Bonchev–Trinajstić information content (AvgIpc) is 2.56. The Morgan fingerprint density at radius 1 is 1.09 bits per heavy atom. The number of ether oxygens (including phenoxy) is 1. The van der Waals surface area contributed by atoms with Gasteiger partial charge in [0, 0.05) is 4.90 Å². The number of fused-ring (bicyclic) bond motifs is 1. The van der Waals surface area contributed by atoms with Gasteiger partial charge in [0.25, 0.3) is 5.91 Å². The molecule has 0 fully saturated rings. The molecule has 3 N–H and O–H groups in total. The summed E-state index contributed by atoms with van der Waals surface area (Å²) in [5.74, 6) is -1.62. The highest BCUT2D eigenvalue weighted by atomic mass is 32.2. The van der Waals surface area contributed by atoms with Gasteiger partial charge in [0.15, 0.2) is 6.61 Å². The lowest BCUT2D eigenvalue weighted by atomic mass is 10.1. The largest absolute Gasteiger partial charge is 0.455 e. The van der Waals surface area contributed by atoms with Crippen LogP contribution in [0.25, 0.3) is 10.8 Å². The summed E-state index contributed by atoms with van der Waals surface area (Å²) in [4.78, 5) is 34.3. The Balaban J connectivity index is 1.77. The molecule has 2 aromatic carbocycles. The van der Waals surface area contributed by atoms with Crippen molar-refractivity contribution in [3.05, 3.63) is 42.5 Å². The Morgan fingerprint density at radius 3 is 2.57 bits per heavy atom. The van der Waals surface area contributed by atoms with Crippen LogP contribution in [-0.2, 0) is 19.1 Å². The van der Waals surface area contributed by atoms with Crippen LogP contribution >= 0.6 is 11.8 Å². The van der Waals surface area contributed by atoms with E-state index in [9.17, 15) is 14.4 Å². The Bertz CT molecular complexity index is 733. The van der Waals surface area contributed by atoms with Crippen molar-refractivity contribution in [2.24, 2.45) is 5.73 Å². The van der Waals surface area contributed by atoms with Crippen molar-refractivity contribution in [3.8, 4) is 0 Å². The molecule has 120 valence electrons. The van der Waals surface area contributed by atoms with E-state index >= 15 is 0 Å². The molecule has 0 saturated carbocycles. The molecule has 2 rings (SSSR count). The number of amides is 2. The molecule has 2 amide bonds. The zero-order valence-electron chi connectivity index (χ0n) is 12.3. The zero-order chi connectivity index (χ0) is 16.7. The van der Waals surface area contributed by atoms with Crippen LogP contribution in [0.15, 0.2) is 47.4 Å². The average molecular weight is 332 g/mol. The molecule has 7 heteroatoms. The molecule has 0 spiro atoms. The number of rotatable bonds is 7. The van der Waals surface area contributed by atoms with Crippen molar-refractivity contribution >= 4 is 40.3 Å². The van der Waals surface area contributed by atoms with Crippen LogP contribution in [0.4, 0.5) is 0 Å². The number of nitrogens with two attached hydrogens (primary N) is 1. The molecule has 2 aromatic rings. The second kappa shape index (κ2) is 8.19. The Morgan fingerprint density at radius 2 is 1.83 bits per heavy atom. The lowest BCUT2D eigenvalue weighted by Crippen LogP contribution is -2.36. The minimum Gasteiger partial charge on any atom is -0.455 e. The van der Waals surface area contributed by atoms with Crippen LogP contribution in [0.2, 0.25) is 0 Å². The maximum atomic E-state index is 11.6. The van der Waals surface area contributed by atoms with Gasteiger partial charge in [0.05, 0.1) is 12.3 Å². The number of carbonyl (C=O) groups is 3. The van der Waals surface area contributed by atoms with E-state index in [0.717, 1.165) is 15.7 Å². The molecule has 0 aliphatic rings. The third kappa shape index (κ3) is 5.63. The Labute approximate surface area is 137 Å². The van der Waals surface area contributed by atoms with Gasteiger partial charge in [-0.15, -0.1) is 11.8 Å². The van der Waals surface area contributed by atoms with E-state index in [2.05, 4.69) is 5.32 Å². The molecule has 23 heavy (non-hydrogen) atoms. The normalized spacial score (nSPS) is 10.3. The topological polar surface area (TPSA) is 98.5 Å². The van der Waals surface area contributed by atoms with Crippen molar-refractivity contribution in [1.82, 2.24) is 5.32 Å². The number of thioether (sulfide) groups is 1. The van der Waals surface area contributed by atoms with Gasteiger partial charge in [0.1, 0.15) is 0 Å². The summed E-state index contributed by atoms with van der Waals surface area (Å²) in [6.45, 7) is -0.702. The van der Waals surface area contributed by atoms with Crippen LogP contribution in [0.1, 0.15) is 0 Å². The predicted molar refractivity (Wildman–Crippen MR) is 87.8 cm³/mol. The molecular weight excluding hydrogens is 316 g/mol. The van der Waals surface area contributed by atoms with Crippen LogP contribution in [0.3, 0.4) is 0 Å². The van der Waals surface area contributed by atoms with Gasteiger partial charge in [-0.3, -0.25) is 14.4 Å². The SMILES string of the molecule is NC(=O)CNC(=O)COC(=O)CSc1ccc2ccccc2c1. The van der Waals surface area contributed by atoms with E-state index in [1.807, 2.05) is 42.5 Å². The smallest absolute Gasteiger partial charge is 0.316 e. The quantitative estimate of drug-likeness (QED) is 0.584. The standard InChI is InChI=1S/C16H16N2O4S/c17-14(19)8-18-15(20)9-22-16(21)10-23-13-6-5-11-3-1-2-4-12(11)7-13/h1-7H,8-10H2,(H2,17,19)(H,18,20). The number of hydrogen-bond donors (Lipinski definition) is 2. The molecule has 0 aliphatic heterocycles. The summed E-state index contributed by atoms with van der Waals surface area (Å²) in [6.07, 6.45) is 0. The number of benzene rings is 2. The molecule has 6 nitrogen and oxygen atoms in total. The van der Waals surface area contributed by atoms with Gasteiger partial charge in [-0.05, 0) is 22.9 Å². The van der Waals surface area contributed by atoms with Gasteiger partial charge >= 0.3 is 5.97 Å². The first kappa shape index (κ1) is 16.8. The highest BCUT2D eigenvalue weighted by molar-refractivity contribution is 8.00. The number of nitrogens with one attached hydrogen (secondary N) is 1. The van der Waals surface area contributed by atoms with Crippen LogP contribution in [0.5, 0.6) is 0 Å². The van der Waals surface area contributed by atoms with Crippen molar-refractivity contribution in [3.63, 3.8) is 0 Å². The number of carbonyl (C=O) groups excluding carboxylic acids is 3. The van der Waals surface area contributed by atoms with Crippen molar-refractivity contribution < 1.29 is 19.1 Å². The van der Waals surface area contributed by atoms with Gasteiger partial charge in [-0.25, -0.2) is 0 Å². The molecule has 0 atom stereocenters. The van der Waals surface area contributed by atoms with Crippen molar-refractivity contribution in [1.29, 1.82) is 0 Å². The summed E-state index contributed by atoms with van der Waals surface area (Å²) in [5.41, 5.74) is 4.88. The fourth-order valence-corrected chi connectivity index (χ4v) is 2.57. The summed E-state index contributed by atoms with van der Waals surface area (Å²) in [6, 6.07) is 13.8. The van der Waals surface area contributed by atoms with E-state index in [-0.39, 0.29) is 12.3 Å². The molecule has 0 aliphatic carbocycles. The summed E-state index contributed by atoms with van der Waals surface area (Å²) in [5, 5.41) is 4.46. The fraction of sp³-hybridized carbons (Fsp3) is 0.188. The van der Waals surface area contributed by atoms with Crippen molar-refractivity contribution in [2.45, 2.75) is 4.90 Å². The van der Waals surface area contributed by atoms with Gasteiger partial charge < -0.3 is 15.8 Å². The van der Waals surface area contributed by atoms with E-state index in [1.165, 1.54) is 11.8 Å². The number of esters is 1. The first-order valence-electron chi connectivity index (χ1n) is 6.87. The second-order valence-electron chi connectivity index (χ2n) is 4.70. The maximum Gasteiger partial charge on any atom is 0.316 e. The molecule has 0 aromatic heterocycles. The highest BCUT2D eigenvalue weighted by Gasteiger charge is 2.09. The van der Waals surface area contributed by atoms with Crippen molar-refractivity contribution in [2.75, 3.05) is 18.9 Å². The number of hydrogen-bond acceptors (Lipinski definition) is 5. The minimum absolute atomic E-state index is 0.0987. The van der Waals surface area contributed by atoms with Gasteiger partial charge in [0.2, 0.25) is 5.91 Å². The molecule has 0 heterocycles. The summed E-state index contributed by atoms with van der Waals surface area (Å²) >= 11 is 1.33. The second-order valence-corrected chi connectivity index (χ2v) is 5.75. The van der Waals surface area contributed by atoms with Gasteiger partial charge in [-0.2, -0.15) is 0 Å². The summed E-state index contributed by atoms with van der Waals surface area (Å²) in [7, 11) is 0. The predicted octanol–water partition coefficient (Wildman–Crippen LogP) is 1.08. The Kier molecular flexibility index (Phi) is 5.99. The third-order valence-electron chi connectivity index (χ3n) is 2.90. The van der Waals surface area contributed by atoms with Crippen LogP contribution in [0, 0.1) is 0 Å². The first-order valence-corrected chi connectivity index (χ1v) is 7.85. The lowest BCUT2D eigenvalue weighted by molar-refractivity contribution is -0.146. The molecule has 0 saturated heterocycles. The fourth-order valence-electron chi connectivity index (χ4n) is 1.82. The van der Waals surface area contributed by atoms with Gasteiger partial charge in [-0.1, -0.05) is 30.3 Å². The third-order valence-corrected chi connectivity index (χ3v) is 3.87. The van der Waals surface area contributed by atoms with E-state index in [4.69, 9.17) is 10.5 Å². The zero-order valence-corrected chi connectivity index (χ0v) is 13.1. The highest BCUT2D eigenvalue weighted by Crippen LogP contribution is 2.23. The monoisotopic (exact) mass is 332 g/mol. The van der Waals surface area contributed by atoms with E-state index < -0.39 is 24.4 Å². The lowest BCUT2D eigenvalue weighted by Gasteiger charge is -2.06. The van der Waals surface area contributed by atoms with E-state index in [0.29, 0.717) is 0 Å². The van der Waals surface area contributed by atoms with Crippen LogP contribution in [-0.4, -0.2) is 36.7 Å². The molecule has 0 radical (unpaired) electrons. The number of primary amides is 1. The first-order chi connectivity index (χ1) is 11.0. The Hall–Kier alpha value is -2.54. The minimum atomic E-state index is -0.656. The molecule has 0 bridgehead atoms. The van der Waals surface area contributed by atoms with E-state index in [1.54, 1.807) is 0 Å². The molecule has 0 unspecified atom stereocenters. The summed E-state index contributed by atoms with van der Waals surface area (Å²) < 4.78 is 4.82. The maximum absolute atomic E-state index is 11.6.